The number of benzene rings is 7. The third-order valence-electron chi connectivity index (χ3n) is 16.3. The molecule has 11 aromatic rings. The van der Waals surface area contributed by atoms with E-state index < -0.39 is 0 Å². The highest BCUT2D eigenvalue weighted by Gasteiger charge is 2.27. The maximum absolute atomic E-state index is 5.40. The molecule has 0 amide bonds. The van der Waals surface area contributed by atoms with E-state index in [0.717, 1.165) is 55.4 Å². The normalized spacial score (nSPS) is 13.4. The molecule has 0 spiro atoms. The quantitative estimate of drug-likeness (QED) is 0.165. The second kappa shape index (κ2) is 17.2. The molecule has 0 saturated carbocycles. The summed E-state index contributed by atoms with van der Waals surface area (Å²) in [6.45, 7) is 41.2. The third kappa shape index (κ3) is 8.70. The summed E-state index contributed by atoms with van der Waals surface area (Å²) in [5.41, 5.74) is 18.8. The molecule has 0 radical (unpaired) electrons. The van der Waals surface area contributed by atoms with Crippen LogP contribution in [0.2, 0.25) is 0 Å². The standard InChI is InChI=1S/C72H78N4/c1-67(2,3)44-21-30-60-53(35-44)54-36-45(68(4,5)6)22-31-61(54)75(60)49-26-28-52-57(39-49)65(43-19-34-64(74-41-43)72(16,17)18)51-27-25-50(40-58(51)66(52)59-29-20-48(42-73-59)71(13,14)15)76-62-32-23-46(69(7,8)9)37-55(62)56-38-47(70(10,11)12)24-33-63(56)76/h19-42H,1-18H3. The molecule has 0 aliphatic carbocycles. The maximum atomic E-state index is 5.40. The monoisotopic (exact) mass is 999 g/mol. The Morgan fingerprint density at radius 1 is 0.276 bits per heavy atom. The van der Waals surface area contributed by atoms with Gasteiger partial charge < -0.3 is 9.13 Å². The third-order valence-corrected chi connectivity index (χ3v) is 16.3. The molecule has 0 aliphatic rings. The average Bonchev–Trinajstić information content (AvgIpc) is 3.99. The van der Waals surface area contributed by atoms with Crippen molar-refractivity contribution in [2.24, 2.45) is 0 Å². The van der Waals surface area contributed by atoms with Crippen molar-refractivity contribution < 1.29 is 0 Å². The topological polar surface area (TPSA) is 35.6 Å². The zero-order valence-electron chi connectivity index (χ0n) is 48.6. The Balaban J connectivity index is 1.26. The van der Waals surface area contributed by atoms with E-state index in [-0.39, 0.29) is 32.5 Å². The van der Waals surface area contributed by atoms with Crippen molar-refractivity contribution in [3.8, 4) is 33.8 Å². The van der Waals surface area contributed by atoms with E-state index >= 15 is 0 Å². The zero-order chi connectivity index (χ0) is 54.4. The van der Waals surface area contributed by atoms with Gasteiger partial charge in [-0.1, -0.05) is 173 Å². The van der Waals surface area contributed by atoms with Crippen LogP contribution in [0.5, 0.6) is 0 Å². The van der Waals surface area contributed by atoms with Gasteiger partial charge in [0.1, 0.15) is 0 Å². The number of nitrogens with zero attached hydrogens (tertiary/aromatic N) is 4. The van der Waals surface area contributed by atoms with Crippen molar-refractivity contribution in [2.75, 3.05) is 0 Å². The van der Waals surface area contributed by atoms with Gasteiger partial charge in [-0.2, -0.15) is 0 Å². The van der Waals surface area contributed by atoms with Gasteiger partial charge in [0.2, 0.25) is 0 Å². The molecule has 76 heavy (non-hydrogen) atoms. The van der Waals surface area contributed by atoms with Crippen molar-refractivity contribution in [1.29, 1.82) is 0 Å². The molecular weight excluding hydrogens is 921 g/mol. The lowest BCUT2D eigenvalue weighted by atomic mass is 9.85. The highest BCUT2D eigenvalue weighted by atomic mass is 15.0. The minimum atomic E-state index is -0.0979. The fraction of sp³-hybridized carbons (Fsp3) is 0.333. The highest BCUT2D eigenvalue weighted by Crippen LogP contribution is 2.47. The van der Waals surface area contributed by atoms with Crippen LogP contribution in [-0.2, 0) is 32.5 Å². The van der Waals surface area contributed by atoms with Gasteiger partial charge in [-0.25, -0.2) is 0 Å². The largest absolute Gasteiger partial charge is 0.309 e. The molecular formula is C72H78N4. The van der Waals surface area contributed by atoms with Gasteiger partial charge in [0, 0.05) is 67.5 Å². The van der Waals surface area contributed by atoms with Gasteiger partial charge in [-0.15, -0.1) is 0 Å². The van der Waals surface area contributed by atoms with Crippen molar-refractivity contribution >= 4 is 65.2 Å². The van der Waals surface area contributed by atoms with E-state index in [9.17, 15) is 0 Å². The summed E-state index contributed by atoms with van der Waals surface area (Å²) in [7, 11) is 0. The first-order chi connectivity index (χ1) is 35.5. The minimum absolute atomic E-state index is 0.00201. The first kappa shape index (κ1) is 51.1. The first-order valence-corrected chi connectivity index (χ1v) is 27.6. The molecule has 0 bridgehead atoms. The average molecular weight is 999 g/mol. The number of rotatable bonds is 4. The van der Waals surface area contributed by atoms with Crippen LogP contribution in [0.25, 0.3) is 98.9 Å². The zero-order valence-corrected chi connectivity index (χ0v) is 48.6. The molecule has 11 rings (SSSR count). The predicted octanol–water partition coefficient (Wildman–Crippen LogP) is 20.1. The Hall–Kier alpha value is -7.04. The summed E-state index contributed by atoms with van der Waals surface area (Å²) in [6, 6.07) is 51.9. The lowest BCUT2D eigenvalue weighted by Gasteiger charge is -2.22. The molecule has 4 heteroatoms. The lowest BCUT2D eigenvalue weighted by Crippen LogP contribution is -2.13. The van der Waals surface area contributed by atoms with Crippen LogP contribution in [-0.4, -0.2) is 19.1 Å². The number of aromatic nitrogens is 4. The van der Waals surface area contributed by atoms with Gasteiger partial charge >= 0.3 is 0 Å². The van der Waals surface area contributed by atoms with Gasteiger partial charge in [-0.3, -0.25) is 9.97 Å². The molecule has 4 heterocycles. The Bertz CT molecular complexity index is 3700. The van der Waals surface area contributed by atoms with Gasteiger partial charge in [0.25, 0.3) is 0 Å². The number of hydrogen-bond acceptors (Lipinski definition) is 2. The summed E-state index contributed by atoms with van der Waals surface area (Å²) in [5, 5.41) is 9.73. The summed E-state index contributed by atoms with van der Waals surface area (Å²) >= 11 is 0. The summed E-state index contributed by atoms with van der Waals surface area (Å²) < 4.78 is 4.99. The Morgan fingerprint density at radius 2 is 0.645 bits per heavy atom. The van der Waals surface area contributed by atoms with Crippen LogP contribution in [0.15, 0.2) is 146 Å². The van der Waals surface area contributed by atoms with Crippen molar-refractivity contribution in [3.05, 3.63) is 179 Å². The summed E-state index contributed by atoms with van der Waals surface area (Å²) in [4.78, 5) is 10.6. The first-order valence-electron chi connectivity index (χ1n) is 27.6. The Morgan fingerprint density at radius 3 is 0.974 bits per heavy atom. The molecule has 7 aromatic carbocycles. The molecule has 0 saturated heterocycles. The molecule has 0 atom stereocenters. The predicted molar refractivity (Wildman–Crippen MR) is 329 cm³/mol. The van der Waals surface area contributed by atoms with E-state index in [4.69, 9.17) is 9.97 Å². The molecule has 0 unspecified atom stereocenters. The van der Waals surface area contributed by atoms with Crippen molar-refractivity contribution in [1.82, 2.24) is 19.1 Å². The Labute approximate surface area is 452 Å². The van der Waals surface area contributed by atoms with E-state index in [1.807, 2.05) is 0 Å². The number of fused-ring (bicyclic) bond motifs is 8. The highest BCUT2D eigenvalue weighted by molar-refractivity contribution is 6.22. The molecule has 4 nitrogen and oxygen atoms in total. The smallest absolute Gasteiger partial charge is 0.0714 e. The van der Waals surface area contributed by atoms with E-state index in [1.54, 1.807) is 0 Å². The van der Waals surface area contributed by atoms with E-state index in [2.05, 4.69) is 280 Å². The molecule has 0 fully saturated rings. The van der Waals surface area contributed by atoms with Crippen LogP contribution in [0.3, 0.4) is 0 Å². The number of pyridine rings is 2. The fourth-order valence-corrected chi connectivity index (χ4v) is 11.5. The van der Waals surface area contributed by atoms with E-state index in [0.29, 0.717) is 0 Å². The second-order valence-corrected chi connectivity index (χ2v) is 28.2. The molecule has 0 aliphatic heterocycles. The molecule has 0 N–H and O–H groups in total. The van der Waals surface area contributed by atoms with Crippen LogP contribution >= 0.6 is 0 Å². The SMILES string of the molecule is CC(C)(C)c1ccc(-c2c3ccc(-n4c5ccc(C(C)(C)C)cc5c5cc(C(C)(C)C)ccc54)cc3c(-c3ccc(C(C)(C)C)nc3)c3ccc(-n4c5ccc(C(C)(C)C)cc5c5cc(C(C)(C)C)ccc54)cc23)nc1. The summed E-state index contributed by atoms with van der Waals surface area (Å²) in [5.74, 6) is 0. The van der Waals surface area contributed by atoms with Crippen LogP contribution < -0.4 is 0 Å². The van der Waals surface area contributed by atoms with Gasteiger partial charge in [-0.05, 0) is 167 Å². The Kier molecular flexibility index (Phi) is 11.6. The van der Waals surface area contributed by atoms with Crippen molar-refractivity contribution in [3.63, 3.8) is 0 Å². The second-order valence-electron chi connectivity index (χ2n) is 28.2. The lowest BCUT2D eigenvalue weighted by molar-refractivity contribution is 0.569. The van der Waals surface area contributed by atoms with Crippen LogP contribution in [0, 0.1) is 0 Å². The van der Waals surface area contributed by atoms with Gasteiger partial charge in [0.05, 0.1) is 27.8 Å². The summed E-state index contributed by atoms with van der Waals surface area (Å²) in [6.07, 6.45) is 4.21. The van der Waals surface area contributed by atoms with E-state index in [1.165, 1.54) is 77.0 Å². The van der Waals surface area contributed by atoms with Crippen LogP contribution in [0.4, 0.5) is 0 Å². The molecule has 4 aromatic heterocycles. The van der Waals surface area contributed by atoms with Gasteiger partial charge in [0.15, 0.2) is 0 Å². The molecule has 386 valence electrons. The number of hydrogen-bond donors (Lipinski definition) is 0. The van der Waals surface area contributed by atoms with Crippen LogP contribution in [0.1, 0.15) is 158 Å². The maximum Gasteiger partial charge on any atom is 0.0714 e. The minimum Gasteiger partial charge on any atom is -0.309 e. The van der Waals surface area contributed by atoms with Crippen molar-refractivity contribution in [2.45, 2.75) is 157 Å². The fourth-order valence-electron chi connectivity index (χ4n) is 11.5.